The number of nitrogens with zero attached hydrogens (tertiary/aromatic N) is 3. The van der Waals surface area contributed by atoms with Crippen molar-refractivity contribution >= 4 is 0 Å². The van der Waals surface area contributed by atoms with Crippen LogP contribution in [0.2, 0.25) is 0 Å². The molecule has 0 radical (unpaired) electrons. The highest BCUT2D eigenvalue weighted by Gasteiger charge is 2.45. The summed E-state index contributed by atoms with van der Waals surface area (Å²) in [6, 6.07) is 0. The molecule has 2 N–H and O–H groups in total. The maximum absolute atomic E-state index is 11.1. The summed E-state index contributed by atoms with van der Waals surface area (Å²) >= 11 is 0. The second-order valence-electron chi connectivity index (χ2n) is 12.2. The number of aromatic nitrogens is 4. The Labute approximate surface area is 241 Å². The summed E-state index contributed by atoms with van der Waals surface area (Å²) in [5, 5.41) is 25.2. The first-order valence-electron chi connectivity index (χ1n) is 16.3. The predicted octanol–water partition coefficient (Wildman–Crippen LogP) is 5.90. The number of rotatable bonds is 18. The molecular weight excluding hydrogens is 508 g/mol. The molecule has 3 unspecified atom stereocenters. The van der Waals surface area contributed by atoms with Gasteiger partial charge >= 0.3 is 0 Å². The standard InChI is InChI=1S/C31H54N4O5/c1-24(15-7-3-2-6-12-20-37-29-18-10-13-21-38-29)31-25(16-8-4-5-9-17-28-32-34-35-33-28)26(36)23-27(31)40-30-19-11-14-22-39-30/h4,8,24-27,29-31,36H,2-3,5-7,9-23H2,1H3,(H,32,33,34,35)/b8-4-/t24?,25-,26-,27+,29?,30?,31+/m1/s1. The van der Waals surface area contributed by atoms with Crippen molar-refractivity contribution in [1.82, 2.24) is 20.6 Å². The van der Waals surface area contributed by atoms with Crippen LogP contribution in [0.1, 0.15) is 115 Å². The highest BCUT2D eigenvalue weighted by molar-refractivity contribution is 4.98. The number of ether oxygens (including phenoxy) is 4. The molecule has 3 fully saturated rings. The third kappa shape index (κ3) is 10.8. The number of aromatic amines is 1. The van der Waals surface area contributed by atoms with Crippen LogP contribution < -0.4 is 0 Å². The smallest absolute Gasteiger partial charge is 0.157 e. The van der Waals surface area contributed by atoms with Gasteiger partial charge < -0.3 is 24.1 Å². The number of H-pyrrole nitrogens is 1. The number of aliphatic hydroxyl groups excluding tert-OH is 1. The average Bonchev–Trinajstić information content (AvgIpc) is 3.60. The van der Waals surface area contributed by atoms with Crippen molar-refractivity contribution in [1.29, 1.82) is 0 Å². The summed E-state index contributed by atoms with van der Waals surface area (Å²) < 4.78 is 24.0. The number of hydrogen-bond donors (Lipinski definition) is 2. The molecule has 2 aliphatic heterocycles. The van der Waals surface area contributed by atoms with Gasteiger partial charge in [0.2, 0.25) is 0 Å². The lowest BCUT2D eigenvalue weighted by Crippen LogP contribution is -2.34. The fourth-order valence-electron chi connectivity index (χ4n) is 6.76. The van der Waals surface area contributed by atoms with Crippen LogP contribution in [0, 0.1) is 17.8 Å². The van der Waals surface area contributed by atoms with E-state index in [0.717, 1.165) is 89.9 Å². The first-order chi connectivity index (χ1) is 19.7. The van der Waals surface area contributed by atoms with Gasteiger partial charge in [-0.2, -0.15) is 0 Å². The molecule has 40 heavy (non-hydrogen) atoms. The SMILES string of the molecule is CC(CCCCCCCOC1CCCCO1)[C@H]1[C@H](C/C=C\CCCc2nnn[nH]2)[C@H](O)C[C@@H]1OC1CCCCO1. The van der Waals surface area contributed by atoms with Crippen molar-refractivity contribution in [3.8, 4) is 0 Å². The van der Waals surface area contributed by atoms with Gasteiger partial charge in [-0.05, 0) is 92.4 Å². The first kappa shape index (κ1) is 31.5. The summed E-state index contributed by atoms with van der Waals surface area (Å²) in [5.74, 6) is 1.93. The van der Waals surface area contributed by atoms with Crippen LogP contribution in [-0.2, 0) is 25.4 Å². The molecule has 3 heterocycles. The summed E-state index contributed by atoms with van der Waals surface area (Å²) in [5.41, 5.74) is 0. The minimum atomic E-state index is -0.320. The molecule has 3 aliphatic rings. The van der Waals surface area contributed by atoms with Crippen molar-refractivity contribution in [3.05, 3.63) is 18.0 Å². The van der Waals surface area contributed by atoms with Gasteiger partial charge in [0.05, 0.1) is 12.2 Å². The van der Waals surface area contributed by atoms with Gasteiger partial charge in [0.1, 0.15) is 5.82 Å². The minimum Gasteiger partial charge on any atom is -0.393 e. The van der Waals surface area contributed by atoms with Crippen LogP contribution in [0.4, 0.5) is 0 Å². The Morgan fingerprint density at radius 3 is 2.50 bits per heavy atom. The molecule has 4 rings (SSSR count). The van der Waals surface area contributed by atoms with Gasteiger partial charge in [0.25, 0.3) is 0 Å². The lowest BCUT2D eigenvalue weighted by Gasteiger charge is -2.33. The van der Waals surface area contributed by atoms with E-state index in [9.17, 15) is 5.11 Å². The fourth-order valence-corrected chi connectivity index (χ4v) is 6.76. The Balaban J connectivity index is 1.18. The highest BCUT2D eigenvalue weighted by atomic mass is 16.7. The topological polar surface area (TPSA) is 112 Å². The Kier molecular flexibility index (Phi) is 14.4. The van der Waals surface area contributed by atoms with E-state index in [2.05, 4.69) is 39.7 Å². The molecular formula is C31H54N4O5. The second kappa shape index (κ2) is 18.2. The molecule has 1 saturated carbocycles. The van der Waals surface area contributed by atoms with E-state index in [1.54, 1.807) is 0 Å². The third-order valence-corrected chi connectivity index (χ3v) is 9.01. The summed E-state index contributed by atoms with van der Waals surface area (Å²) in [4.78, 5) is 0. The zero-order chi connectivity index (χ0) is 27.8. The zero-order valence-corrected chi connectivity index (χ0v) is 24.8. The number of allylic oxidation sites excluding steroid dienone is 2. The molecule has 1 aromatic heterocycles. The lowest BCUT2D eigenvalue weighted by atomic mass is 9.79. The monoisotopic (exact) mass is 562 g/mol. The maximum atomic E-state index is 11.1. The second-order valence-corrected chi connectivity index (χ2v) is 12.2. The number of aliphatic hydroxyl groups is 1. The largest absolute Gasteiger partial charge is 0.393 e. The van der Waals surface area contributed by atoms with Crippen LogP contribution in [0.3, 0.4) is 0 Å². The minimum absolute atomic E-state index is 0.0326. The van der Waals surface area contributed by atoms with E-state index >= 15 is 0 Å². The van der Waals surface area contributed by atoms with Crippen LogP contribution in [0.15, 0.2) is 12.2 Å². The van der Waals surface area contributed by atoms with Gasteiger partial charge in [-0.1, -0.05) is 51.2 Å². The molecule has 2 saturated heterocycles. The van der Waals surface area contributed by atoms with Crippen molar-refractivity contribution < 1.29 is 24.1 Å². The van der Waals surface area contributed by atoms with E-state index in [-0.39, 0.29) is 30.7 Å². The molecule has 228 valence electrons. The first-order valence-corrected chi connectivity index (χ1v) is 16.3. The summed E-state index contributed by atoms with van der Waals surface area (Å²) in [6.45, 7) is 4.83. The Bertz CT molecular complexity index is 798. The molecule has 0 amide bonds. The van der Waals surface area contributed by atoms with E-state index in [1.165, 1.54) is 44.9 Å². The number of unbranched alkanes of at least 4 members (excludes halogenated alkanes) is 5. The van der Waals surface area contributed by atoms with E-state index in [4.69, 9.17) is 18.9 Å². The zero-order valence-electron chi connectivity index (χ0n) is 24.8. The number of tetrazole rings is 1. The Morgan fingerprint density at radius 1 is 0.975 bits per heavy atom. The van der Waals surface area contributed by atoms with Crippen LogP contribution >= 0.6 is 0 Å². The number of nitrogens with one attached hydrogen (secondary N) is 1. The van der Waals surface area contributed by atoms with Gasteiger partial charge in [-0.25, -0.2) is 5.10 Å². The van der Waals surface area contributed by atoms with Crippen molar-refractivity contribution in [2.45, 2.75) is 141 Å². The molecule has 9 heteroatoms. The van der Waals surface area contributed by atoms with Gasteiger partial charge in [0, 0.05) is 32.7 Å². The van der Waals surface area contributed by atoms with Crippen molar-refractivity contribution in [2.24, 2.45) is 17.8 Å². The normalized spacial score (nSPS) is 30.2. The van der Waals surface area contributed by atoms with Crippen LogP contribution in [0.25, 0.3) is 0 Å². The van der Waals surface area contributed by atoms with Gasteiger partial charge in [-0.3, -0.25) is 0 Å². The lowest BCUT2D eigenvalue weighted by molar-refractivity contribution is -0.199. The number of hydrogen-bond acceptors (Lipinski definition) is 8. The van der Waals surface area contributed by atoms with Gasteiger partial charge in [-0.15, -0.1) is 5.10 Å². The van der Waals surface area contributed by atoms with Crippen LogP contribution in [0.5, 0.6) is 0 Å². The molecule has 7 atom stereocenters. The molecule has 1 aliphatic carbocycles. The quantitative estimate of drug-likeness (QED) is 0.168. The Morgan fingerprint density at radius 2 is 1.75 bits per heavy atom. The van der Waals surface area contributed by atoms with Gasteiger partial charge in [0.15, 0.2) is 12.6 Å². The van der Waals surface area contributed by atoms with E-state index in [0.29, 0.717) is 11.8 Å². The summed E-state index contributed by atoms with van der Waals surface area (Å²) in [7, 11) is 0. The molecule has 0 bridgehead atoms. The van der Waals surface area contributed by atoms with E-state index in [1.807, 2.05) is 0 Å². The van der Waals surface area contributed by atoms with E-state index < -0.39 is 0 Å². The fraction of sp³-hybridized carbons (Fsp3) is 0.903. The van der Waals surface area contributed by atoms with Crippen molar-refractivity contribution in [3.63, 3.8) is 0 Å². The van der Waals surface area contributed by atoms with Crippen molar-refractivity contribution in [2.75, 3.05) is 19.8 Å². The maximum Gasteiger partial charge on any atom is 0.157 e. The predicted molar refractivity (Wildman–Crippen MR) is 153 cm³/mol. The highest BCUT2D eigenvalue weighted by Crippen LogP contribution is 2.44. The Hall–Kier alpha value is -1.39. The molecule has 9 nitrogen and oxygen atoms in total. The molecule has 1 aromatic rings. The summed E-state index contributed by atoms with van der Waals surface area (Å²) in [6.07, 6.45) is 22.6. The third-order valence-electron chi connectivity index (χ3n) is 9.01. The average molecular weight is 563 g/mol. The molecule has 0 aromatic carbocycles. The molecule has 0 spiro atoms. The number of aryl methyl sites for hydroxylation is 1. The van der Waals surface area contributed by atoms with Crippen LogP contribution in [-0.4, -0.2) is 70.3 Å².